The number of rotatable bonds is 4. The first-order valence-corrected chi connectivity index (χ1v) is 7.99. The van der Waals surface area contributed by atoms with Crippen molar-refractivity contribution in [3.63, 3.8) is 0 Å². The summed E-state index contributed by atoms with van der Waals surface area (Å²) in [6, 6.07) is 4.07. The molecule has 0 saturated carbocycles. The van der Waals surface area contributed by atoms with Gasteiger partial charge in [0.25, 0.3) is 0 Å². The van der Waals surface area contributed by atoms with Gasteiger partial charge in [0.05, 0.1) is 11.5 Å². The molecule has 8 heteroatoms. The minimum Gasteiger partial charge on any atom is -0.449 e. The highest BCUT2D eigenvalue weighted by atomic mass is 19.1. The highest BCUT2D eigenvalue weighted by molar-refractivity contribution is 5.68. The van der Waals surface area contributed by atoms with Crippen LogP contribution in [-0.4, -0.2) is 48.7 Å². The van der Waals surface area contributed by atoms with Crippen molar-refractivity contribution in [3.05, 3.63) is 34.1 Å². The Balaban J connectivity index is 2.07. The number of carbonyl (C=O) groups excluding carboxylic acids is 1. The third-order valence-corrected chi connectivity index (χ3v) is 3.78. The molecule has 1 aromatic carbocycles. The zero-order chi connectivity index (χ0) is 17.7. The molecule has 7 nitrogen and oxygen atoms in total. The molecule has 0 aromatic heterocycles. The number of halogens is 1. The Morgan fingerprint density at radius 2 is 2.08 bits per heavy atom. The number of hydrogen-bond donors (Lipinski definition) is 0. The lowest BCUT2D eigenvalue weighted by molar-refractivity contribution is -0.386. The summed E-state index contributed by atoms with van der Waals surface area (Å²) in [4.78, 5) is 25.8. The van der Waals surface area contributed by atoms with E-state index in [1.807, 2.05) is 13.8 Å². The molecule has 0 radical (unpaired) electrons. The number of anilines is 1. The van der Waals surface area contributed by atoms with Crippen molar-refractivity contribution < 1.29 is 18.8 Å². The second-order valence-electron chi connectivity index (χ2n) is 6.16. The lowest BCUT2D eigenvalue weighted by Crippen LogP contribution is -2.36. The standard InChI is InChI=1S/C16H22FN3O4/c1-12(2)11-24-16(21)19-8-4-7-18(9-10-19)14-6-3-5-13(17)15(14)20(22)23/h3,5-6,12H,4,7-11H2,1-2H3. The fourth-order valence-electron chi connectivity index (χ4n) is 2.61. The average Bonchev–Trinajstić information content (AvgIpc) is 2.78. The first-order chi connectivity index (χ1) is 11.4. The molecule has 2 rings (SSSR count). The maximum Gasteiger partial charge on any atom is 0.409 e. The van der Waals surface area contributed by atoms with Gasteiger partial charge in [-0.3, -0.25) is 10.1 Å². The average molecular weight is 339 g/mol. The van der Waals surface area contributed by atoms with E-state index in [0.29, 0.717) is 39.2 Å². The lowest BCUT2D eigenvalue weighted by atomic mass is 10.2. The Hall–Kier alpha value is -2.38. The second-order valence-corrected chi connectivity index (χ2v) is 6.16. The fraction of sp³-hybridized carbons (Fsp3) is 0.562. The van der Waals surface area contributed by atoms with Gasteiger partial charge in [-0.05, 0) is 24.5 Å². The number of ether oxygens (including phenoxy) is 1. The quantitative estimate of drug-likeness (QED) is 0.622. The third kappa shape index (κ3) is 4.33. The number of hydrogen-bond acceptors (Lipinski definition) is 5. The maximum absolute atomic E-state index is 13.8. The van der Waals surface area contributed by atoms with Crippen LogP contribution in [0.1, 0.15) is 20.3 Å². The summed E-state index contributed by atoms with van der Waals surface area (Å²) >= 11 is 0. The Morgan fingerprint density at radius 1 is 1.33 bits per heavy atom. The summed E-state index contributed by atoms with van der Waals surface area (Å²) in [5, 5.41) is 11.1. The van der Waals surface area contributed by atoms with Crippen LogP contribution in [0.15, 0.2) is 18.2 Å². The molecular formula is C16H22FN3O4. The van der Waals surface area contributed by atoms with Gasteiger partial charge < -0.3 is 14.5 Å². The van der Waals surface area contributed by atoms with Crippen LogP contribution in [0.25, 0.3) is 0 Å². The number of amides is 1. The Labute approximate surface area is 140 Å². The number of nitro groups is 1. The molecule has 0 unspecified atom stereocenters. The van der Waals surface area contributed by atoms with Gasteiger partial charge in [0.15, 0.2) is 0 Å². The van der Waals surface area contributed by atoms with Crippen molar-refractivity contribution >= 4 is 17.5 Å². The normalized spacial score (nSPS) is 15.3. The Morgan fingerprint density at radius 3 is 2.75 bits per heavy atom. The molecule has 132 valence electrons. The molecule has 0 aliphatic carbocycles. The van der Waals surface area contributed by atoms with E-state index in [2.05, 4.69) is 0 Å². The first-order valence-electron chi connectivity index (χ1n) is 7.99. The monoisotopic (exact) mass is 339 g/mol. The Kier molecular flexibility index (Phi) is 5.94. The molecule has 1 aromatic rings. The molecule has 0 bridgehead atoms. The maximum atomic E-state index is 13.8. The topological polar surface area (TPSA) is 75.9 Å². The number of nitro benzene ring substituents is 1. The van der Waals surface area contributed by atoms with E-state index in [1.54, 1.807) is 9.80 Å². The van der Waals surface area contributed by atoms with Gasteiger partial charge in [-0.15, -0.1) is 0 Å². The van der Waals surface area contributed by atoms with Crippen molar-refractivity contribution in [3.8, 4) is 0 Å². The van der Waals surface area contributed by atoms with Gasteiger partial charge in [-0.25, -0.2) is 4.79 Å². The predicted octanol–water partition coefficient (Wildman–Crippen LogP) is 3.04. The van der Waals surface area contributed by atoms with E-state index in [-0.39, 0.29) is 17.7 Å². The zero-order valence-corrected chi connectivity index (χ0v) is 13.9. The van der Waals surface area contributed by atoms with Crippen molar-refractivity contribution in [2.24, 2.45) is 5.92 Å². The van der Waals surface area contributed by atoms with Gasteiger partial charge in [0.2, 0.25) is 5.82 Å². The van der Waals surface area contributed by atoms with Crippen LogP contribution < -0.4 is 4.90 Å². The molecule has 0 atom stereocenters. The summed E-state index contributed by atoms with van der Waals surface area (Å²) in [5.74, 6) is -0.595. The molecule has 1 aliphatic rings. The largest absolute Gasteiger partial charge is 0.449 e. The molecule has 1 amide bonds. The number of carbonyl (C=O) groups is 1. The molecule has 1 heterocycles. The van der Waals surface area contributed by atoms with Crippen molar-refractivity contribution in [1.29, 1.82) is 0 Å². The van der Waals surface area contributed by atoms with Crippen LogP contribution in [0.3, 0.4) is 0 Å². The lowest BCUT2D eigenvalue weighted by Gasteiger charge is -2.23. The number of para-hydroxylation sites is 1. The summed E-state index contributed by atoms with van der Waals surface area (Å²) in [7, 11) is 0. The van der Waals surface area contributed by atoms with Gasteiger partial charge in [-0.1, -0.05) is 19.9 Å². The zero-order valence-electron chi connectivity index (χ0n) is 13.9. The van der Waals surface area contributed by atoms with Crippen LogP contribution >= 0.6 is 0 Å². The van der Waals surface area contributed by atoms with Crippen LogP contribution in [0.2, 0.25) is 0 Å². The van der Waals surface area contributed by atoms with Crippen LogP contribution in [-0.2, 0) is 4.74 Å². The highest BCUT2D eigenvalue weighted by Crippen LogP contribution is 2.31. The highest BCUT2D eigenvalue weighted by Gasteiger charge is 2.27. The number of benzene rings is 1. The molecule has 1 saturated heterocycles. The van der Waals surface area contributed by atoms with Gasteiger partial charge >= 0.3 is 11.8 Å². The number of nitrogens with zero attached hydrogens (tertiary/aromatic N) is 3. The van der Waals surface area contributed by atoms with Crippen LogP contribution in [0.5, 0.6) is 0 Å². The van der Waals surface area contributed by atoms with Crippen LogP contribution in [0.4, 0.5) is 20.6 Å². The first kappa shape index (κ1) is 18.0. The fourth-order valence-corrected chi connectivity index (χ4v) is 2.61. The van der Waals surface area contributed by atoms with Crippen molar-refractivity contribution in [2.75, 3.05) is 37.7 Å². The van der Waals surface area contributed by atoms with E-state index in [4.69, 9.17) is 4.74 Å². The molecule has 1 fully saturated rings. The minimum absolute atomic E-state index is 0.248. The molecule has 0 N–H and O–H groups in total. The molecular weight excluding hydrogens is 317 g/mol. The van der Waals surface area contributed by atoms with Gasteiger partial charge in [-0.2, -0.15) is 4.39 Å². The van der Waals surface area contributed by atoms with E-state index in [1.165, 1.54) is 12.1 Å². The molecule has 24 heavy (non-hydrogen) atoms. The Bertz CT molecular complexity index is 609. The van der Waals surface area contributed by atoms with E-state index < -0.39 is 16.4 Å². The van der Waals surface area contributed by atoms with Gasteiger partial charge in [0, 0.05) is 26.2 Å². The third-order valence-electron chi connectivity index (χ3n) is 3.78. The SMILES string of the molecule is CC(C)COC(=O)N1CCCN(c2cccc(F)c2[N+](=O)[O-])CC1. The predicted molar refractivity (Wildman–Crippen MR) is 87.6 cm³/mol. The molecule has 1 aliphatic heterocycles. The van der Waals surface area contributed by atoms with Crippen molar-refractivity contribution in [2.45, 2.75) is 20.3 Å². The summed E-state index contributed by atoms with van der Waals surface area (Å²) in [6.45, 7) is 6.07. The summed E-state index contributed by atoms with van der Waals surface area (Å²) < 4.78 is 19.0. The van der Waals surface area contributed by atoms with Gasteiger partial charge in [0.1, 0.15) is 5.69 Å². The van der Waals surface area contributed by atoms with E-state index >= 15 is 0 Å². The van der Waals surface area contributed by atoms with Crippen LogP contribution in [0, 0.1) is 21.8 Å². The smallest absolute Gasteiger partial charge is 0.409 e. The van der Waals surface area contributed by atoms with E-state index in [0.717, 1.165) is 6.07 Å². The van der Waals surface area contributed by atoms with Crippen molar-refractivity contribution in [1.82, 2.24) is 4.90 Å². The van der Waals surface area contributed by atoms with E-state index in [9.17, 15) is 19.3 Å². The molecule has 0 spiro atoms. The summed E-state index contributed by atoms with van der Waals surface area (Å²) in [6.07, 6.45) is 0.254. The second kappa shape index (κ2) is 7.94. The summed E-state index contributed by atoms with van der Waals surface area (Å²) in [5.41, 5.74) is -0.272. The minimum atomic E-state index is -0.852.